The topological polar surface area (TPSA) is 63.5 Å². The van der Waals surface area contributed by atoms with Crippen LogP contribution in [0.25, 0.3) is 0 Å². The van der Waals surface area contributed by atoms with Crippen molar-refractivity contribution in [3.63, 3.8) is 0 Å². The van der Waals surface area contributed by atoms with Crippen LogP contribution in [0.3, 0.4) is 0 Å². The van der Waals surface area contributed by atoms with Gasteiger partial charge in [0.2, 0.25) is 0 Å². The van der Waals surface area contributed by atoms with Gasteiger partial charge in [-0.2, -0.15) is 0 Å². The van der Waals surface area contributed by atoms with Crippen LogP contribution in [0.4, 0.5) is 0 Å². The molecule has 0 atom stereocenters. The van der Waals surface area contributed by atoms with Gasteiger partial charge < -0.3 is 0 Å². The molecular formula is C9H8N2O3. The Morgan fingerprint density at radius 2 is 2.07 bits per heavy atom. The number of benzene rings is 1. The number of nitrogens with zero attached hydrogens (tertiary/aromatic N) is 2. The summed E-state index contributed by atoms with van der Waals surface area (Å²) in [5.74, 6) is -0.517. The van der Waals surface area contributed by atoms with E-state index in [-0.39, 0.29) is 6.54 Å². The van der Waals surface area contributed by atoms with Gasteiger partial charge in [-0.05, 0) is 18.1 Å². The van der Waals surface area contributed by atoms with Gasteiger partial charge in [-0.25, -0.2) is 10.1 Å². The van der Waals surface area contributed by atoms with Gasteiger partial charge in [-0.1, -0.05) is 23.2 Å². The standard InChI is InChI=1S/C9H8N2O3/c12-9-8-4-2-1-3-7(8)5-6-10(9)11(13)14/h1-4H,5-6H2. The molecule has 5 nitrogen and oxygen atoms in total. The molecule has 2 rings (SSSR count). The predicted octanol–water partition coefficient (Wildman–Crippen LogP) is 0.877. The molecule has 1 heterocycles. The Bertz CT molecular complexity index is 403. The molecule has 0 bridgehead atoms. The van der Waals surface area contributed by atoms with Gasteiger partial charge in [0.25, 0.3) is 0 Å². The Balaban J connectivity index is 2.41. The third-order valence-electron chi connectivity index (χ3n) is 2.27. The Kier molecular flexibility index (Phi) is 1.92. The first kappa shape index (κ1) is 8.68. The number of hydrogen-bond donors (Lipinski definition) is 0. The SMILES string of the molecule is O=C1c2ccccc2CCN1[N+](=O)[O-]. The normalized spacial score (nSPS) is 15.1. The summed E-state index contributed by atoms with van der Waals surface area (Å²) in [4.78, 5) is 22.0. The molecule has 0 fully saturated rings. The van der Waals surface area contributed by atoms with Crippen LogP contribution >= 0.6 is 0 Å². The maximum absolute atomic E-state index is 11.5. The van der Waals surface area contributed by atoms with Crippen LogP contribution in [-0.4, -0.2) is 22.5 Å². The van der Waals surface area contributed by atoms with Crippen LogP contribution in [-0.2, 0) is 6.42 Å². The smallest absolute Gasteiger partial charge is 0.263 e. The summed E-state index contributed by atoms with van der Waals surface area (Å²) in [5, 5.41) is 10.5. The van der Waals surface area contributed by atoms with E-state index < -0.39 is 10.9 Å². The van der Waals surface area contributed by atoms with Crippen molar-refractivity contribution in [3.8, 4) is 0 Å². The van der Waals surface area contributed by atoms with Gasteiger partial charge >= 0.3 is 5.91 Å². The molecule has 0 unspecified atom stereocenters. The molecule has 72 valence electrons. The van der Waals surface area contributed by atoms with E-state index >= 15 is 0 Å². The summed E-state index contributed by atoms with van der Waals surface area (Å²) >= 11 is 0. The zero-order valence-corrected chi connectivity index (χ0v) is 7.34. The minimum atomic E-state index is -0.654. The van der Waals surface area contributed by atoms with E-state index in [0.717, 1.165) is 5.56 Å². The molecule has 1 aliphatic rings. The van der Waals surface area contributed by atoms with E-state index in [0.29, 0.717) is 17.0 Å². The molecule has 0 aliphatic carbocycles. The second-order valence-corrected chi connectivity index (χ2v) is 3.07. The lowest BCUT2D eigenvalue weighted by Crippen LogP contribution is -2.41. The van der Waals surface area contributed by atoms with Crippen LogP contribution in [0.5, 0.6) is 0 Å². The van der Waals surface area contributed by atoms with E-state index in [4.69, 9.17) is 0 Å². The maximum Gasteiger partial charge on any atom is 0.314 e. The van der Waals surface area contributed by atoms with Crippen molar-refractivity contribution in [3.05, 3.63) is 45.5 Å². The fourth-order valence-electron chi connectivity index (χ4n) is 1.57. The van der Waals surface area contributed by atoms with E-state index in [2.05, 4.69) is 0 Å². The summed E-state index contributed by atoms with van der Waals surface area (Å²) < 4.78 is 0. The third kappa shape index (κ3) is 1.22. The third-order valence-corrected chi connectivity index (χ3v) is 2.27. The van der Waals surface area contributed by atoms with Crippen molar-refractivity contribution in [1.82, 2.24) is 5.01 Å². The van der Waals surface area contributed by atoms with Crippen LogP contribution in [0.2, 0.25) is 0 Å². The van der Waals surface area contributed by atoms with E-state index in [1.165, 1.54) is 0 Å². The zero-order valence-electron chi connectivity index (χ0n) is 7.34. The van der Waals surface area contributed by atoms with Gasteiger partial charge in [0, 0.05) is 5.56 Å². The lowest BCUT2D eigenvalue weighted by Gasteiger charge is -2.19. The van der Waals surface area contributed by atoms with Gasteiger partial charge in [-0.3, -0.25) is 4.79 Å². The maximum atomic E-state index is 11.5. The van der Waals surface area contributed by atoms with Crippen molar-refractivity contribution in [1.29, 1.82) is 0 Å². The molecule has 1 aromatic rings. The summed E-state index contributed by atoms with van der Waals surface area (Å²) in [6.45, 7) is 0.156. The fraction of sp³-hybridized carbons (Fsp3) is 0.222. The number of fused-ring (bicyclic) bond motifs is 1. The van der Waals surface area contributed by atoms with Crippen LogP contribution in [0.15, 0.2) is 24.3 Å². The number of carbonyl (C=O) groups is 1. The highest BCUT2D eigenvalue weighted by atomic mass is 16.7. The molecule has 0 aromatic heterocycles. The van der Waals surface area contributed by atoms with Crippen molar-refractivity contribution in [2.45, 2.75) is 6.42 Å². The fourth-order valence-corrected chi connectivity index (χ4v) is 1.57. The zero-order chi connectivity index (χ0) is 10.1. The number of hydrazine groups is 1. The van der Waals surface area contributed by atoms with E-state index in [1.54, 1.807) is 12.1 Å². The molecule has 1 aromatic carbocycles. The van der Waals surface area contributed by atoms with Gasteiger partial charge in [-0.15, -0.1) is 0 Å². The van der Waals surface area contributed by atoms with Crippen molar-refractivity contribution in [2.24, 2.45) is 0 Å². The largest absolute Gasteiger partial charge is 0.314 e. The van der Waals surface area contributed by atoms with E-state index in [9.17, 15) is 14.9 Å². The number of amides is 1. The lowest BCUT2D eigenvalue weighted by molar-refractivity contribution is -0.632. The molecule has 1 aliphatic heterocycles. The summed E-state index contributed by atoms with van der Waals surface area (Å²) in [6, 6.07) is 6.98. The molecule has 5 heteroatoms. The number of nitro groups is 1. The highest BCUT2D eigenvalue weighted by Crippen LogP contribution is 2.17. The molecule has 1 amide bonds. The van der Waals surface area contributed by atoms with Gasteiger partial charge in [0.1, 0.15) is 0 Å². The average Bonchev–Trinajstić information content (AvgIpc) is 2.18. The minimum absolute atomic E-state index is 0.156. The lowest BCUT2D eigenvalue weighted by atomic mass is 10.0. The van der Waals surface area contributed by atoms with Gasteiger partial charge in [0.05, 0.1) is 6.54 Å². The Hall–Kier alpha value is -1.91. The molecule has 0 radical (unpaired) electrons. The first-order chi connectivity index (χ1) is 6.70. The first-order valence-electron chi connectivity index (χ1n) is 4.24. The van der Waals surface area contributed by atoms with Crippen LogP contribution < -0.4 is 0 Å². The van der Waals surface area contributed by atoms with Crippen molar-refractivity contribution in [2.75, 3.05) is 6.54 Å². The predicted molar refractivity (Wildman–Crippen MR) is 48.2 cm³/mol. The summed E-state index contributed by atoms with van der Waals surface area (Å²) in [5.41, 5.74) is 1.33. The summed E-state index contributed by atoms with van der Waals surface area (Å²) in [7, 11) is 0. The number of carbonyl (C=O) groups excluding carboxylic acids is 1. The Morgan fingerprint density at radius 3 is 2.79 bits per heavy atom. The molecular weight excluding hydrogens is 184 g/mol. The quantitative estimate of drug-likeness (QED) is 0.490. The van der Waals surface area contributed by atoms with Gasteiger partial charge in [0.15, 0.2) is 5.03 Å². The van der Waals surface area contributed by atoms with Crippen LogP contribution in [0.1, 0.15) is 15.9 Å². The number of rotatable bonds is 1. The van der Waals surface area contributed by atoms with E-state index in [1.807, 2.05) is 12.1 Å². The summed E-state index contributed by atoms with van der Waals surface area (Å²) in [6.07, 6.45) is 0.545. The average molecular weight is 192 g/mol. The highest BCUT2D eigenvalue weighted by Gasteiger charge is 2.31. The second kappa shape index (κ2) is 3.10. The molecule has 14 heavy (non-hydrogen) atoms. The van der Waals surface area contributed by atoms with Crippen LogP contribution in [0, 0.1) is 10.1 Å². The first-order valence-corrected chi connectivity index (χ1v) is 4.24. The molecule has 0 spiro atoms. The second-order valence-electron chi connectivity index (χ2n) is 3.07. The van der Waals surface area contributed by atoms with Crippen molar-refractivity contribution >= 4 is 5.91 Å². The Morgan fingerprint density at radius 1 is 1.36 bits per heavy atom. The highest BCUT2D eigenvalue weighted by molar-refractivity contribution is 5.95. The van der Waals surface area contributed by atoms with Crippen molar-refractivity contribution < 1.29 is 9.83 Å². The molecule has 0 saturated carbocycles. The monoisotopic (exact) mass is 192 g/mol. The Labute approximate surface area is 80.1 Å². The number of hydrogen-bond acceptors (Lipinski definition) is 3. The molecule has 0 N–H and O–H groups in total. The molecule has 0 saturated heterocycles. The minimum Gasteiger partial charge on any atom is -0.263 e.